The normalized spacial score (nSPS) is 11.9. The van der Waals surface area contributed by atoms with Crippen LogP contribution in [0, 0.1) is 12.7 Å². The monoisotopic (exact) mass is 377 g/mol. The van der Waals surface area contributed by atoms with Crippen molar-refractivity contribution < 1.29 is 14.0 Å². The minimum absolute atomic E-state index is 0.00205. The van der Waals surface area contributed by atoms with E-state index in [4.69, 9.17) is 11.6 Å². The Hall–Kier alpha value is -2.44. The highest BCUT2D eigenvalue weighted by atomic mass is 35.5. The van der Waals surface area contributed by atoms with Crippen LogP contribution in [0.4, 0.5) is 15.8 Å². The predicted octanol–water partition coefficient (Wildman–Crippen LogP) is 3.69. The number of hydrogen-bond acceptors (Lipinski definition) is 3. The van der Waals surface area contributed by atoms with Crippen LogP contribution in [-0.4, -0.2) is 36.3 Å². The molecule has 0 aliphatic heterocycles. The van der Waals surface area contributed by atoms with Crippen molar-refractivity contribution in [1.82, 2.24) is 4.90 Å². The number of hydrogen-bond donors (Lipinski definition) is 2. The number of amides is 2. The maximum Gasteiger partial charge on any atom is 0.241 e. The van der Waals surface area contributed by atoms with Crippen molar-refractivity contribution in [2.45, 2.75) is 19.9 Å². The Labute approximate surface area is 157 Å². The zero-order valence-electron chi connectivity index (χ0n) is 14.8. The van der Waals surface area contributed by atoms with E-state index in [0.29, 0.717) is 22.0 Å². The second-order valence-electron chi connectivity index (χ2n) is 6.07. The quantitative estimate of drug-likeness (QED) is 0.807. The molecule has 0 aromatic heterocycles. The van der Waals surface area contributed by atoms with E-state index in [0.717, 1.165) is 0 Å². The summed E-state index contributed by atoms with van der Waals surface area (Å²) in [5.74, 6) is -1.01. The molecule has 2 rings (SSSR count). The van der Waals surface area contributed by atoms with Gasteiger partial charge in [-0.1, -0.05) is 29.8 Å². The Morgan fingerprint density at radius 1 is 1.19 bits per heavy atom. The van der Waals surface area contributed by atoms with Gasteiger partial charge in [-0.15, -0.1) is 0 Å². The van der Waals surface area contributed by atoms with E-state index in [2.05, 4.69) is 10.6 Å². The third-order valence-electron chi connectivity index (χ3n) is 4.02. The van der Waals surface area contributed by atoms with E-state index in [1.165, 1.54) is 6.07 Å². The van der Waals surface area contributed by atoms with Crippen molar-refractivity contribution in [3.05, 3.63) is 58.9 Å². The number of likely N-dealkylation sites (N-methyl/N-ethyl adjacent to an activating group) is 1. The van der Waals surface area contributed by atoms with Crippen LogP contribution in [0.2, 0.25) is 5.02 Å². The van der Waals surface area contributed by atoms with Crippen LogP contribution in [0.3, 0.4) is 0 Å². The molecule has 0 fully saturated rings. The summed E-state index contributed by atoms with van der Waals surface area (Å²) >= 11 is 6.01. The summed E-state index contributed by atoms with van der Waals surface area (Å²) in [4.78, 5) is 26.1. The van der Waals surface area contributed by atoms with Gasteiger partial charge in [0.25, 0.3) is 0 Å². The first kappa shape index (κ1) is 19.9. The number of anilines is 2. The molecule has 2 aromatic carbocycles. The van der Waals surface area contributed by atoms with Crippen LogP contribution in [0.1, 0.15) is 12.5 Å². The molecule has 0 bridgehead atoms. The Kier molecular flexibility index (Phi) is 6.71. The van der Waals surface area contributed by atoms with Gasteiger partial charge in [-0.25, -0.2) is 4.39 Å². The molecule has 1 unspecified atom stereocenters. The minimum atomic E-state index is -0.587. The lowest BCUT2D eigenvalue weighted by Crippen LogP contribution is -2.43. The molecule has 2 N–H and O–H groups in total. The molecular formula is C19H21ClFN3O2. The van der Waals surface area contributed by atoms with E-state index < -0.39 is 6.04 Å². The Bertz CT molecular complexity index is 813. The third-order valence-corrected chi connectivity index (χ3v) is 4.35. The van der Waals surface area contributed by atoms with Crippen LogP contribution < -0.4 is 10.6 Å². The number of carbonyl (C=O) groups is 2. The molecule has 0 radical (unpaired) electrons. The molecule has 0 aliphatic carbocycles. The second-order valence-corrected chi connectivity index (χ2v) is 6.48. The van der Waals surface area contributed by atoms with E-state index in [-0.39, 0.29) is 24.2 Å². The lowest BCUT2D eigenvalue weighted by atomic mass is 10.2. The summed E-state index contributed by atoms with van der Waals surface area (Å²) in [5.41, 5.74) is 1.39. The Balaban J connectivity index is 1.92. The van der Waals surface area contributed by atoms with Crippen LogP contribution in [0.5, 0.6) is 0 Å². The van der Waals surface area contributed by atoms with Crippen molar-refractivity contribution in [2.75, 3.05) is 24.2 Å². The molecule has 0 aliphatic rings. The van der Waals surface area contributed by atoms with Crippen LogP contribution in [0.25, 0.3) is 0 Å². The molecule has 0 saturated heterocycles. The Morgan fingerprint density at radius 2 is 1.88 bits per heavy atom. The predicted molar refractivity (Wildman–Crippen MR) is 102 cm³/mol. The lowest BCUT2D eigenvalue weighted by Gasteiger charge is -2.23. The molecule has 2 aromatic rings. The van der Waals surface area contributed by atoms with Crippen molar-refractivity contribution in [3.8, 4) is 0 Å². The summed E-state index contributed by atoms with van der Waals surface area (Å²) < 4.78 is 13.6. The van der Waals surface area contributed by atoms with Gasteiger partial charge in [-0.2, -0.15) is 0 Å². The largest absolute Gasteiger partial charge is 0.325 e. The highest BCUT2D eigenvalue weighted by molar-refractivity contribution is 6.33. The molecule has 0 saturated carbocycles. The van der Waals surface area contributed by atoms with Crippen LogP contribution >= 0.6 is 11.6 Å². The standard InChI is InChI=1S/C19H21ClFN3O2/c1-12-8-9-14(10-16(12)21)22-19(26)13(2)24(3)11-18(25)23-17-7-5-4-6-15(17)20/h4-10,13H,11H2,1-3H3,(H,22,26)(H,23,25). The van der Waals surface area contributed by atoms with Crippen LogP contribution in [-0.2, 0) is 9.59 Å². The fourth-order valence-corrected chi connectivity index (χ4v) is 2.42. The van der Waals surface area contributed by atoms with Gasteiger partial charge in [0.1, 0.15) is 5.82 Å². The van der Waals surface area contributed by atoms with E-state index in [1.807, 2.05) is 0 Å². The average molecular weight is 378 g/mol. The molecule has 1 atom stereocenters. The first-order valence-corrected chi connectivity index (χ1v) is 8.47. The summed E-state index contributed by atoms with van der Waals surface area (Å²) in [6.45, 7) is 3.32. The minimum Gasteiger partial charge on any atom is -0.325 e. The topological polar surface area (TPSA) is 61.4 Å². The van der Waals surface area contributed by atoms with E-state index in [1.54, 1.807) is 62.2 Å². The number of nitrogens with zero attached hydrogens (tertiary/aromatic N) is 1. The second kappa shape index (κ2) is 8.78. The van der Waals surface area contributed by atoms with Gasteiger partial charge in [0.15, 0.2) is 0 Å². The van der Waals surface area contributed by atoms with Gasteiger partial charge in [0.2, 0.25) is 11.8 Å². The SMILES string of the molecule is Cc1ccc(NC(=O)C(C)N(C)CC(=O)Nc2ccccc2Cl)cc1F. The number of carbonyl (C=O) groups excluding carboxylic acids is 2. The van der Waals surface area contributed by atoms with Crippen molar-refractivity contribution >= 4 is 34.8 Å². The van der Waals surface area contributed by atoms with Gasteiger partial charge < -0.3 is 10.6 Å². The number of aryl methyl sites for hydroxylation is 1. The van der Waals surface area contributed by atoms with Crippen molar-refractivity contribution in [1.29, 1.82) is 0 Å². The zero-order valence-corrected chi connectivity index (χ0v) is 15.6. The van der Waals surface area contributed by atoms with Crippen LogP contribution in [0.15, 0.2) is 42.5 Å². The van der Waals surface area contributed by atoms with Crippen molar-refractivity contribution in [3.63, 3.8) is 0 Å². The molecule has 0 spiro atoms. The first-order chi connectivity index (χ1) is 12.3. The molecule has 138 valence electrons. The van der Waals surface area contributed by atoms with Gasteiger partial charge in [-0.05, 0) is 50.7 Å². The summed E-state index contributed by atoms with van der Waals surface area (Å²) in [6.07, 6.45) is 0. The summed E-state index contributed by atoms with van der Waals surface area (Å²) in [6, 6.07) is 10.8. The number of rotatable bonds is 6. The van der Waals surface area contributed by atoms with Crippen molar-refractivity contribution in [2.24, 2.45) is 0 Å². The van der Waals surface area contributed by atoms with Gasteiger partial charge >= 0.3 is 0 Å². The molecule has 7 heteroatoms. The van der Waals surface area contributed by atoms with Gasteiger partial charge in [0, 0.05) is 5.69 Å². The highest BCUT2D eigenvalue weighted by Gasteiger charge is 2.20. The lowest BCUT2D eigenvalue weighted by molar-refractivity contribution is -0.122. The third kappa shape index (κ3) is 5.28. The fourth-order valence-electron chi connectivity index (χ4n) is 2.23. The summed E-state index contributed by atoms with van der Waals surface area (Å²) in [5, 5.41) is 5.79. The van der Waals surface area contributed by atoms with E-state index >= 15 is 0 Å². The zero-order chi connectivity index (χ0) is 19.3. The van der Waals surface area contributed by atoms with Gasteiger partial charge in [0.05, 0.1) is 23.3 Å². The Morgan fingerprint density at radius 3 is 2.54 bits per heavy atom. The molecule has 2 amide bonds. The molecule has 26 heavy (non-hydrogen) atoms. The first-order valence-electron chi connectivity index (χ1n) is 8.09. The fraction of sp³-hybridized carbons (Fsp3) is 0.263. The maximum absolute atomic E-state index is 13.6. The highest BCUT2D eigenvalue weighted by Crippen LogP contribution is 2.20. The summed E-state index contributed by atoms with van der Waals surface area (Å²) in [7, 11) is 1.66. The molecule has 0 heterocycles. The number of halogens is 2. The average Bonchev–Trinajstić information content (AvgIpc) is 2.59. The number of benzene rings is 2. The van der Waals surface area contributed by atoms with E-state index in [9.17, 15) is 14.0 Å². The smallest absolute Gasteiger partial charge is 0.241 e. The number of nitrogens with one attached hydrogen (secondary N) is 2. The number of para-hydroxylation sites is 1. The maximum atomic E-state index is 13.6. The molecule has 5 nitrogen and oxygen atoms in total. The van der Waals surface area contributed by atoms with Gasteiger partial charge in [-0.3, -0.25) is 14.5 Å². The molecular weight excluding hydrogens is 357 g/mol.